The lowest BCUT2D eigenvalue weighted by Crippen LogP contribution is -2.64. The molecule has 2 bridgehead atoms. The lowest BCUT2D eigenvalue weighted by Gasteiger charge is -2.65. The van der Waals surface area contributed by atoms with Crippen molar-refractivity contribution >= 4 is 12.1 Å². The molecular formula is C20H24O5. The topological polar surface area (TPSA) is 83.8 Å². The summed E-state index contributed by atoms with van der Waals surface area (Å²) in [6, 6.07) is 0. The molecule has 4 aliphatic rings. The molecule has 25 heavy (non-hydrogen) atoms. The molecule has 134 valence electrons. The van der Waals surface area contributed by atoms with E-state index in [0.29, 0.717) is 24.2 Å². The van der Waals surface area contributed by atoms with Gasteiger partial charge in [-0.15, -0.1) is 0 Å². The molecule has 3 atom stereocenters. The van der Waals surface area contributed by atoms with Gasteiger partial charge in [0.25, 0.3) is 0 Å². The third-order valence-electron chi connectivity index (χ3n) is 7.13. The van der Waals surface area contributed by atoms with E-state index in [2.05, 4.69) is 13.8 Å². The zero-order chi connectivity index (χ0) is 18.1. The van der Waals surface area contributed by atoms with Gasteiger partial charge in [-0.3, -0.25) is 9.59 Å². The monoisotopic (exact) mass is 344 g/mol. The molecule has 0 aromatic heterocycles. The van der Waals surface area contributed by atoms with Crippen molar-refractivity contribution in [1.82, 2.24) is 0 Å². The summed E-state index contributed by atoms with van der Waals surface area (Å²) in [7, 11) is 0. The quantitative estimate of drug-likeness (QED) is 0.632. The number of aromatic hydroxyl groups is 2. The fourth-order valence-corrected chi connectivity index (χ4v) is 5.57. The number of aldehydes is 1. The molecule has 0 amide bonds. The van der Waals surface area contributed by atoms with E-state index in [-0.39, 0.29) is 33.6 Å². The lowest BCUT2D eigenvalue weighted by molar-refractivity contribution is -0.195. The molecule has 0 unspecified atom stereocenters. The highest BCUT2D eigenvalue weighted by molar-refractivity contribution is 6.04. The van der Waals surface area contributed by atoms with Gasteiger partial charge < -0.3 is 14.9 Å². The van der Waals surface area contributed by atoms with Crippen LogP contribution >= 0.6 is 0 Å². The summed E-state index contributed by atoms with van der Waals surface area (Å²) < 4.78 is 6.40. The van der Waals surface area contributed by atoms with Crippen LogP contribution in [0.5, 0.6) is 17.2 Å². The van der Waals surface area contributed by atoms with Crippen LogP contribution in [0, 0.1) is 17.3 Å². The molecule has 3 fully saturated rings. The number of carbonyl (C=O) groups is 2. The SMILES string of the molecule is CC(=O)c1c(O)c(C=O)c2c(c1O)CC[C@@]1(CC[C@H]3C[C@@H]1C3(C)C)O2. The van der Waals surface area contributed by atoms with Crippen molar-refractivity contribution in [1.29, 1.82) is 0 Å². The largest absolute Gasteiger partial charge is 0.507 e. The van der Waals surface area contributed by atoms with Crippen LogP contribution < -0.4 is 4.74 Å². The van der Waals surface area contributed by atoms with Gasteiger partial charge in [0.15, 0.2) is 12.1 Å². The number of Topliss-reactive ketones (excluding diaryl/α,β-unsaturated/α-hetero) is 1. The number of benzene rings is 1. The summed E-state index contributed by atoms with van der Waals surface area (Å²) in [5.74, 6) is 0.201. The summed E-state index contributed by atoms with van der Waals surface area (Å²) in [6.45, 7) is 5.82. The molecule has 5 heteroatoms. The number of fused-ring (bicyclic) bond motifs is 2. The number of rotatable bonds is 2. The molecular weight excluding hydrogens is 320 g/mol. The normalized spacial score (nSPS) is 31.6. The predicted molar refractivity (Wildman–Crippen MR) is 91.5 cm³/mol. The van der Waals surface area contributed by atoms with Crippen LogP contribution in [0.1, 0.15) is 72.7 Å². The molecule has 2 N–H and O–H groups in total. The highest BCUT2D eigenvalue weighted by Gasteiger charge is 2.63. The van der Waals surface area contributed by atoms with E-state index < -0.39 is 11.5 Å². The minimum absolute atomic E-state index is 0.0173. The number of hydrogen-bond acceptors (Lipinski definition) is 5. The maximum atomic E-state index is 11.8. The van der Waals surface area contributed by atoms with Crippen molar-refractivity contribution in [3.8, 4) is 17.2 Å². The molecule has 1 aromatic rings. The number of phenolic OH excluding ortho intramolecular Hbond substituents is 2. The number of ketones is 1. The summed E-state index contributed by atoms with van der Waals surface area (Å²) >= 11 is 0. The lowest BCUT2D eigenvalue weighted by atomic mass is 9.43. The van der Waals surface area contributed by atoms with Crippen LogP contribution in [0.2, 0.25) is 0 Å². The van der Waals surface area contributed by atoms with Crippen LogP contribution in [-0.4, -0.2) is 27.9 Å². The summed E-state index contributed by atoms with van der Waals surface area (Å²) in [4.78, 5) is 23.4. The van der Waals surface area contributed by atoms with Crippen molar-refractivity contribution in [2.75, 3.05) is 0 Å². The minimum Gasteiger partial charge on any atom is -0.507 e. The predicted octanol–water partition coefficient (Wildman–Crippen LogP) is 3.63. The second-order valence-electron chi connectivity index (χ2n) is 8.48. The van der Waals surface area contributed by atoms with Crippen molar-refractivity contribution < 1.29 is 24.5 Å². The van der Waals surface area contributed by atoms with E-state index in [4.69, 9.17) is 4.74 Å². The maximum Gasteiger partial charge on any atom is 0.167 e. The van der Waals surface area contributed by atoms with Gasteiger partial charge >= 0.3 is 0 Å². The van der Waals surface area contributed by atoms with Gasteiger partial charge in [-0.2, -0.15) is 0 Å². The van der Waals surface area contributed by atoms with Gasteiger partial charge in [0, 0.05) is 11.5 Å². The van der Waals surface area contributed by atoms with Crippen LogP contribution in [0.4, 0.5) is 0 Å². The molecule has 1 spiro atoms. The Morgan fingerprint density at radius 2 is 1.96 bits per heavy atom. The number of hydrogen-bond donors (Lipinski definition) is 2. The highest BCUT2D eigenvalue weighted by atomic mass is 16.5. The molecule has 1 aromatic carbocycles. The molecule has 5 rings (SSSR count). The average molecular weight is 344 g/mol. The van der Waals surface area contributed by atoms with E-state index in [9.17, 15) is 19.8 Å². The van der Waals surface area contributed by atoms with Gasteiger partial charge in [0.2, 0.25) is 0 Å². The zero-order valence-corrected chi connectivity index (χ0v) is 14.9. The highest BCUT2D eigenvalue weighted by Crippen LogP contribution is 2.66. The Bertz CT molecular complexity index is 792. The molecule has 0 radical (unpaired) electrons. The standard InChI is InChI=1S/C20H24O5/c1-10(22)15-16(23)12-5-7-20(25-18(12)13(9-21)17(15)24)6-4-11-8-14(20)19(11,2)3/h9,11,14,23-24H,4-8H2,1-3H3/t11-,14+,20+/m0/s1. The number of ether oxygens (including phenoxy) is 1. The minimum atomic E-state index is -0.475. The molecule has 1 aliphatic heterocycles. The summed E-state index contributed by atoms with van der Waals surface area (Å²) in [6.07, 6.45) is 4.98. The summed E-state index contributed by atoms with van der Waals surface area (Å²) in [5.41, 5.74) is 0.125. The van der Waals surface area contributed by atoms with E-state index in [0.717, 1.165) is 31.6 Å². The molecule has 5 nitrogen and oxygen atoms in total. The van der Waals surface area contributed by atoms with Gasteiger partial charge in [-0.05, 0) is 50.4 Å². The second-order valence-corrected chi connectivity index (χ2v) is 8.48. The van der Waals surface area contributed by atoms with Crippen molar-refractivity contribution in [2.24, 2.45) is 17.3 Å². The van der Waals surface area contributed by atoms with E-state index >= 15 is 0 Å². The number of phenols is 2. The fraction of sp³-hybridized carbons (Fsp3) is 0.600. The van der Waals surface area contributed by atoms with E-state index in [1.165, 1.54) is 6.92 Å². The van der Waals surface area contributed by atoms with Gasteiger partial charge in [-0.1, -0.05) is 13.8 Å². The zero-order valence-electron chi connectivity index (χ0n) is 14.9. The first-order valence-corrected chi connectivity index (χ1v) is 8.99. The molecule has 0 saturated heterocycles. The first-order valence-electron chi connectivity index (χ1n) is 8.99. The molecule has 3 saturated carbocycles. The second kappa shape index (κ2) is 4.99. The van der Waals surface area contributed by atoms with Crippen LogP contribution in [0.25, 0.3) is 0 Å². The van der Waals surface area contributed by atoms with Gasteiger partial charge in [0.05, 0.1) is 5.56 Å². The Balaban J connectivity index is 1.84. The van der Waals surface area contributed by atoms with Crippen LogP contribution in [0.15, 0.2) is 0 Å². The Hall–Kier alpha value is -2.04. The first-order chi connectivity index (χ1) is 11.7. The Morgan fingerprint density at radius 1 is 1.24 bits per heavy atom. The Labute approximate surface area is 147 Å². The Morgan fingerprint density at radius 3 is 2.52 bits per heavy atom. The summed E-state index contributed by atoms with van der Waals surface area (Å²) in [5, 5.41) is 20.9. The number of carbonyl (C=O) groups excluding carboxylic acids is 2. The third-order valence-corrected chi connectivity index (χ3v) is 7.13. The van der Waals surface area contributed by atoms with Crippen LogP contribution in [0.3, 0.4) is 0 Å². The maximum absolute atomic E-state index is 11.8. The van der Waals surface area contributed by atoms with E-state index in [1.807, 2.05) is 0 Å². The van der Waals surface area contributed by atoms with Crippen molar-refractivity contribution in [3.63, 3.8) is 0 Å². The van der Waals surface area contributed by atoms with Crippen molar-refractivity contribution in [2.45, 2.75) is 58.5 Å². The fourth-order valence-electron chi connectivity index (χ4n) is 5.57. The van der Waals surface area contributed by atoms with E-state index in [1.54, 1.807) is 0 Å². The smallest absolute Gasteiger partial charge is 0.167 e. The van der Waals surface area contributed by atoms with Crippen molar-refractivity contribution in [3.05, 3.63) is 16.7 Å². The first kappa shape index (κ1) is 16.4. The average Bonchev–Trinajstić information content (AvgIpc) is 2.54. The molecule has 3 aliphatic carbocycles. The molecule has 1 heterocycles. The van der Waals surface area contributed by atoms with Gasteiger partial charge in [-0.25, -0.2) is 0 Å². The van der Waals surface area contributed by atoms with Crippen LogP contribution in [-0.2, 0) is 6.42 Å². The van der Waals surface area contributed by atoms with Gasteiger partial charge in [0.1, 0.15) is 28.4 Å². The Kier molecular flexibility index (Phi) is 3.28. The third kappa shape index (κ3) is 1.95.